The van der Waals surface area contributed by atoms with Gasteiger partial charge in [0.05, 0.1) is 23.4 Å². The van der Waals surface area contributed by atoms with Gasteiger partial charge in [0.25, 0.3) is 5.91 Å². The number of ether oxygens (including phenoxy) is 1. The molecular weight excluding hydrogens is 360 g/mol. The molecule has 1 aliphatic heterocycles. The Balaban J connectivity index is 1.78. The first-order valence-corrected chi connectivity index (χ1v) is 9.64. The molecule has 0 aliphatic carbocycles. The maximum absolute atomic E-state index is 12.9. The number of aliphatic carboxylic acids is 1. The van der Waals surface area contributed by atoms with Crippen molar-refractivity contribution in [1.29, 1.82) is 0 Å². The molecule has 2 aromatic rings. The number of aromatic nitrogens is 3. The second kappa shape index (κ2) is 8.41. The van der Waals surface area contributed by atoms with Crippen LogP contribution in [-0.2, 0) is 11.2 Å². The minimum atomic E-state index is -0.794. The van der Waals surface area contributed by atoms with Gasteiger partial charge in [-0.25, -0.2) is 4.68 Å². The molecule has 28 heavy (non-hydrogen) atoms. The smallest absolute Gasteiger partial charge is 0.306 e. The van der Waals surface area contributed by atoms with Gasteiger partial charge in [0.1, 0.15) is 5.75 Å². The molecule has 1 aliphatic rings. The van der Waals surface area contributed by atoms with Crippen LogP contribution in [0, 0.1) is 5.92 Å². The van der Waals surface area contributed by atoms with Crippen LogP contribution in [-0.4, -0.2) is 56.1 Å². The van der Waals surface area contributed by atoms with Crippen LogP contribution in [0.25, 0.3) is 5.69 Å². The third kappa shape index (κ3) is 4.16. The van der Waals surface area contributed by atoms with Crippen molar-refractivity contribution < 1.29 is 19.4 Å². The Morgan fingerprint density at radius 3 is 2.39 bits per heavy atom. The summed E-state index contributed by atoms with van der Waals surface area (Å²) in [5.41, 5.74) is 1.88. The van der Waals surface area contributed by atoms with E-state index >= 15 is 0 Å². The monoisotopic (exact) mass is 386 g/mol. The molecule has 150 valence electrons. The Kier molecular flexibility index (Phi) is 5.96. The fourth-order valence-electron chi connectivity index (χ4n) is 3.41. The highest BCUT2D eigenvalue weighted by Crippen LogP contribution is 2.22. The highest BCUT2D eigenvalue weighted by Gasteiger charge is 2.30. The van der Waals surface area contributed by atoms with Crippen molar-refractivity contribution >= 4 is 11.9 Å². The second-order valence-corrected chi connectivity index (χ2v) is 7.22. The summed E-state index contributed by atoms with van der Waals surface area (Å²) in [5.74, 6) is -0.588. The Morgan fingerprint density at radius 2 is 1.86 bits per heavy atom. The van der Waals surface area contributed by atoms with E-state index < -0.39 is 5.97 Å². The molecule has 0 unspecified atom stereocenters. The summed E-state index contributed by atoms with van der Waals surface area (Å²) in [6, 6.07) is 7.51. The van der Waals surface area contributed by atoms with E-state index in [9.17, 15) is 9.59 Å². The molecule has 8 nitrogen and oxygen atoms in total. The maximum Gasteiger partial charge on any atom is 0.306 e. The van der Waals surface area contributed by atoms with Gasteiger partial charge in [-0.05, 0) is 57.4 Å². The van der Waals surface area contributed by atoms with Gasteiger partial charge >= 0.3 is 5.97 Å². The molecule has 0 radical (unpaired) electrons. The first-order valence-electron chi connectivity index (χ1n) is 9.64. The minimum Gasteiger partial charge on any atom is -0.491 e. The number of benzene rings is 1. The number of amides is 1. The van der Waals surface area contributed by atoms with Crippen LogP contribution in [0.15, 0.2) is 24.3 Å². The standard InChI is InChI=1S/C20H26N4O4/c1-4-17-18(19(25)23-11-9-14(10-12-23)20(26)27)21-22-24(17)15-5-7-16(8-6-15)28-13(2)3/h5-8,13-14H,4,9-12H2,1-3H3,(H,26,27). The van der Waals surface area contributed by atoms with Crippen LogP contribution in [0.1, 0.15) is 49.8 Å². The predicted molar refractivity (Wildman–Crippen MR) is 103 cm³/mol. The molecule has 1 fully saturated rings. The fourth-order valence-corrected chi connectivity index (χ4v) is 3.41. The van der Waals surface area contributed by atoms with Crippen molar-refractivity contribution in [1.82, 2.24) is 19.9 Å². The topological polar surface area (TPSA) is 97.5 Å². The van der Waals surface area contributed by atoms with E-state index in [1.54, 1.807) is 9.58 Å². The summed E-state index contributed by atoms with van der Waals surface area (Å²) in [5, 5.41) is 17.5. The average Bonchev–Trinajstić information content (AvgIpc) is 3.11. The fraction of sp³-hybridized carbons (Fsp3) is 0.500. The van der Waals surface area contributed by atoms with Crippen LogP contribution in [0.5, 0.6) is 5.75 Å². The predicted octanol–water partition coefficient (Wildman–Crippen LogP) is 2.55. The number of rotatable bonds is 6. The zero-order chi connectivity index (χ0) is 20.3. The Morgan fingerprint density at radius 1 is 1.21 bits per heavy atom. The molecule has 8 heteroatoms. The quantitative estimate of drug-likeness (QED) is 0.819. The number of carbonyl (C=O) groups excluding carboxylic acids is 1. The molecule has 0 atom stereocenters. The largest absolute Gasteiger partial charge is 0.491 e. The highest BCUT2D eigenvalue weighted by atomic mass is 16.5. The summed E-state index contributed by atoms with van der Waals surface area (Å²) >= 11 is 0. The van der Waals surface area contributed by atoms with E-state index in [0.717, 1.165) is 17.1 Å². The average molecular weight is 386 g/mol. The molecule has 1 aromatic heterocycles. The third-order valence-electron chi connectivity index (χ3n) is 4.89. The van der Waals surface area contributed by atoms with Crippen LogP contribution >= 0.6 is 0 Å². The Bertz CT molecular complexity index is 836. The van der Waals surface area contributed by atoms with Crippen LogP contribution in [0.4, 0.5) is 0 Å². The third-order valence-corrected chi connectivity index (χ3v) is 4.89. The normalized spacial score (nSPS) is 15.1. The van der Waals surface area contributed by atoms with E-state index in [1.165, 1.54) is 0 Å². The van der Waals surface area contributed by atoms with Crippen LogP contribution in [0.2, 0.25) is 0 Å². The van der Waals surface area contributed by atoms with E-state index in [-0.39, 0.29) is 17.9 Å². The van der Waals surface area contributed by atoms with Gasteiger partial charge in [-0.3, -0.25) is 9.59 Å². The van der Waals surface area contributed by atoms with Crippen molar-refractivity contribution in [2.24, 2.45) is 5.92 Å². The maximum atomic E-state index is 12.9. The summed E-state index contributed by atoms with van der Waals surface area (Å²) in [7, 11) is 0. The molecule has 1 N–H and O–H groups in total. The number of hydrogen-bond acceptors (Lipinski definition) is 5. The van der Waals surface area contributed by atoms with E-state index in [2.05, 4.69) is 10.3 Å². The van der Waals surface area contributed by atoms with Crippen molar-refractivity contribution in [2.75, 3.05) is 13.1 Å². The van der Waals surface area contributed by atoms with Crippen molar-refractivity contribution in [2.45, 2.75) is 46.1 Å². The number of carboxylic acids is 1. The number of nitrogens with zero attached hydrogens (tertiary/aromatic N) is 4. The van der Waals surface area contributed by atoms with Gasteiger partial charge in [0.2, 0.25) is 0 Å². The number of carbonyl (C=O) groups is 2. The van der Waals surface area contributed by atoms with E-state index in [1.807, 2.05) is 45.0 Å². The van der Waals surface area contributed by atoms with Gasteiger partial charge < -0.3 is 14.7 Å². The van der Waals surface area contributed by atoms with Gasteiger partial charge in [0.15, 0.2) is 5.69 Å². The molecule has 1 amide bonds. The lowest BCUT2D eigenvalue weighted by molar-refractivity contribution is -0.143. The number of piperidine rings is 1. The van der Waals surface area contributed by atoms with Crippen molar-refractivity contribution in [3.8, 4) is 11.4 Å². The van der Waals surface area contributed by atoms with E-state index in [4.69, 9.17) is 9.84 Å². The molecular formula is C20H26N4O4. The Hall–Kier alpha value is -2.90. The highest BCUT2D eigenvalue weighted by molar-refractivity contribution is 5.93. The SMILES string of the molecule is CCc1c(C(=O)N2CCC(C(=O)O)CC2)nnn1-c1ccc(OC(C)C)cc1. The summed E-state index contributed by atoms with van der Waals surface area (Å²) in [4.78, 5) is 25.7. The van der Waals surface area contributed by atoms with Gasteiger partial charge in [0, 0.05) is 13.1 Å². The second-order valence-electron chi connectivity index (χ2n) is 7.22. The molecule has 1 saturated heterocycles. The zero-order valence-corrected chi connectivity index (χ0v) is 16.5. The first-order chi connectivity index (χ1) is 13.4. The Labute approximate surface area is 164 Å². The first kappa shape index (κ1) is 19.9. The van der Waals surface area contributed by atoms with Crippen LogP contribution in [0.3, 0.4) is 0 Å². The molecule has 0 bridgehead atoms. The zero-order valence-electron chi connectivity index (χ0n) is 16.5. The molecule has 2 heterocycles. The lowest BCUT2D eigenvalue weighted by atomic mass is 9.97. The number of carboxylic acid groups (broad SMARTS) is 1. The summed E-state index contributed by atoms with van der Waals surface area (Å²) in [6.07, 6.45) is 1.63. The molecule has 0 spiro atoms. The van der Waals surface area contributed by atoms with Crippen molar-refractivity contribution in [3.05, 3.63) is 35.7 Å². The summed E-state index contributed by atoms with van der Waals surface area (Å²) < 4.78 is 7.34. The molecule has 1 aromatic carbocycles. The van der Waals surface area contributed by atoms with Crippen LogP contribution < -0.4 is 4.74 Å². The number of likely N-dealkylation sites (tertiary alicyclic amines) is 1. The summed E-state index contributed by atoms with van der Waals surface area (Å²) in [6.45, 7) is 6.74. The molecule has 3 rings (SSSR count). The van der Waals surface area contributed by atoms with Crippen molar-refractivity contribution in [3.63, 3.8) is 0 Å². The number of hydrogen-bond donors (Lipinski definition) is 1. The van der Waals surface area contributed by atoms with E-state index in [0.29, 0.717) is 38.0 Å². The van der Waals surface area contributed by atoms with Gasteiger partial charge in [-0.1, -0.05) is 12.1 Å². The van der Waals surface area contributed by atoms with Gasteiger partial charge in [-0.2, -0.15) is 0 Å². The minimum absolute atomic E-state index is 0.0953. The molecule has 0 saturated carbocycles. The van der Waals surface area contributed by atoms with Gasteiger partial charge in [-0.15, -0.1) is 5.10 Å². The lowest BCUT2D eigenvalue weighted by Gasteiger charge is -2.29. The lowest BCUT2D eigenvalue weighted by Crippen LogP contribution is -2.40.